The number of esters is 1. The third kappa shape index (κ3) is 8.56. The number of pyridine rings is 1. The molecular weight excluding hydrogens is 723 g/mol. The van der Waals surface area contributed by atoms with E-state index in [1.54, 1.807) is 13.2 Å². The number of hydrogen-bond acceptors (Lipinski definition) is 10. The molecule has 0 spiro atoms. The highest BCUT2D eigenvalue weighted by Gasteiger charge is 2.61. The first-order valence-electron chi connectivity index (χ1n) is 20.0. The minimum Gasteiger partial charge on any atom is -0.497 e. The van der Waals surface area contributed by atoms with Crippen molar-refractivity contribution in [2.75, 3.05) is 13.7 Å². The number of benzene rings is 1. The number of methoxy groups -OCH3 is 1. The Labute approximate surface area is 324 Å². The first kappa shape index (κ1) is 39.2. The van der Waals surface area contributed by atoms with E-state index < -0.39 is 56.0 Å². The number of nitrogens with zero attached hydrogens (tertiary/aromatic N) is 2. The van der Waals surface area contributed by atoms with Crippen LogP contribution in [0.25, 0.3) is 10.9 Å². The molecule has 12 nitrogen and oxygen atoms in total. The van der Waals surface area contributed by atoms with Gasteiger partial charge in [0.2, 0.25) is 21.8 Å². The van der Waals surface area contributed by atoms with Gasteiger partial charge in [0.05, 0.1) is 53.9 Å². The van der Waals surface area contributed by atoms with Crippen LogP contribution in [0.1, 0.15) is 104 Å². The van der Waals surface area contributed by atoms with Crippen molar-refractivity contribution in [2.45, 2.75) is 128 Å². The number of ketones is 1. The lowest BCUT2D eigenvalue weighted by molar-refractivity contribution is -0.154. The Bertz CT molecular complexity index is 1970. The van der Waals surface area contributed by atoms with Crippen molar-refractivity contribution < 1.29 is 41.8 Å². The van der Waals surface area contributed by atoms with Crippen LogP contribution in [0.5, 0.6) is 11.5 Å². The van der Waals surface area contributed by atoms with Crippen molar-refractivity contribution in [2.24, 2.45) is 28.6 Å². The highest BCUT2D eigenvalue weighted by atomic mass is 32.2. The zero-order valence-corrected chi connectivity index (χ0v) is 33.3. The number of carbonyl (C=O) groups excluding carboxylic acids is 4. The number of fused-ring (bicyclic) bond motifs is 5. The normalized spacial score (nSPS) is 30.4. The van der Waals surface area contributed by atoms with Crippen molar-refractivity contribution >= 4 is 44.5 Å². The molecular formula is C42H55N3O9S. The van der Waals surface area contributed by atoms with Gasteiger partial charge in [0.25, 0.3) is 0 Å². The van der Waals surface area contributed by atoms with E-state index in [1.807, 2.05) is 45.0 Å². The molecule has 298 valence electrons. The molecule has 4 fully saturated rings. The van der Waals surface area contributed by atoms with Crippen LogP contribution in [0.2, 0.25) is 0 Å². The fraction of sp³-hybridized carbons (Fsp3) is 0.643. The molecule has 3 heterocycles. The summed E-state index contributed by atoms with van der Waals surface area (Å²) in [5.74, 6) is -1.42. The number of Topliss-reactive ketones (excluding diaryl/α,β-unsaturated/α-hetero) is 1. The highest BCUT2D eigenvalue weighted by Crippen LogP contribution is 2.57. The van der Waals surface area contributed by atoms with Gasteiger partial charge in [0.1, 0.15) is 23.7 Å². The van der Waals surface area contributed by atoms with E-state index in [2.05, 4.69) is 11.3 Å². The number of amides is 2. The molecule has 3 saturated carbocycles. The molecule has 1 aromatic heterocycles. The zero-order valence-electron chi connectivity index (χ0n) is 32.5. The van der Waals surface area contributed by atoms with E-state index in [4.69, 9.17) is 19.2 Å². The van der Waals surface area contributed by atoms with E-state index in [1.165, 1.54) is 4.90 Å². The minimum absolute atomic E-state index is 0.0807. The van der Waals surface area contributed by atoms with Gasteiger partial charge in [-0.25, -0.2) is 13.4 Å². The van der Waals surface area contributed by atoms with Crippen LogP contribution < -0.4 is 14.2 Å². The van der Waals surface area contributed by atoms with E-state index in [0.717, 1.165) is 55.1 Å². The number of allylic oxidation sites excluding steroid dienone is 1. The number of ether oxygens (including phenoxy) is 3. The second-order valence-electron chi connectivity index (χ2n) is 17.6. The van der Waals surface area contributed by atoms with Crippen LogP contribution >= 0.6 is 0 Å². The zero-order chi connectivity index (χ0) is 39.3. The van der Waals surface area contributed by atoms with Crippen LogP contribution in [-0.2, 0) is 40.4 Å². The van der Waals surface area contributed by atoms with Gasteiger partial charge in [-0.1, -0.05) is 46.1 Å². The second-order valence-corrected chi connectivity index (χ2v) is 19.6. The van der Waals surface area contributed by atoms with Gasteiger partial charge >= 0.3 is 5.97 Å². The number of aromatic nitrogens is 1. The van der Waals surface area contributed by atoms with Gasteiger partial charge in [-0.15, -0.1) is 6.58 Å². The fourth-order valence-corrected chi connectivity index (χ4v) is 9.96. The summed E-state index contributed by atoms with van der Waals surface area (Å²) in [6.45, 7) is 9.63. The molecule has 13 heteroatoms. The van der Waals surface area contributed by atoms with Crippen molar-refractivity contribution in [3.8, 4) is 11.5 Å². The Hall–Kier alpha value is -4.00. The lowest BCUT2D eigenvalue weighted by Crippen LogP contribution is -2.48. The summed E-state index contributed by atoms with van der Waals surface area (Å²) in [4.78, 5) is 62.8. The topological polar surface area (TPSA) is 158 Å². The Balaban J connectivity index is 1.21. The quantitative estimate of drug-likeness (QED) is 0.255. The van der Waals surface area contributed by atoms with Gasteiger partial charge < -0.3 is 19.1 Å². The average Bonchev–Trinajstić information content (AvgIpc) is 4.06. The van der Waals surface area contributed by atoms with Crippen LogP contribution in [-0.4, -0.2) is 79.0 Å². The fourth-order valence-electron chi connectivity index (χ4n) is 8.57. The molecule has 2 bridgehead atoms. The van der Waals surface area contributed by atoms with Gasteiger partial charge in [0, 0.05) is 18.2 Å². The summed E-state index contributed by atoms with van der Waals surface area (Å²) in [5, 5.41) is 0.231. The molecule has 7 atom stereocenters. The molecule has 1 N–H and O–H groups in total. The lowest BCUT2D eigenvalue weighted by Gasteiger charge is -2.34. The maximum atomic E-state index is 14.7. The maximum absolute atomic E-state index is 14.7. The SMILES string of the molecule is C=C[C@@H]1C[C@]1(CC(=O)[C@@H]1C[C@@H]2CN1C(=O)[C@H](C(C)(C)C)CC(=O)O[C@H]1C[C@@H]1CCCCCCc1nc3ccc(OC)cc3cc1O2)C(=O)NS(=O)(=O)C1CC1. The van der Waals surface area contributed by atoms with Crippen LogP contribution in [0, 0.1) is 28.6 Å². The molecule has 0 unspecified atom stereocenters. The molecule has 1 saturated heterocycles. The van der Waals surface area contributed by atoms with Gasteiger partial charge in [0.15, 0.2) is 5.78 Å². The standard InChI is InChI=1S/C42H55N3O9S/c1-6-27-22-42(27,40(49)44-55(50,51)30-14-15-30)23-35(46)34-20-29-24-45(34)39(48)31(41(2,3)4)21-38(47)54-36-18-25(36)11-9-7-8-10-12-33-37(53-29)19-26-17-28(52-5)13-16-32(26)43-33/h6,13,16-17,19,25,27,29-31,34,36H,1,7-12,14-15,18,20-24H2,2-5H3,(H,44,49)/t25-,27+,29+,31+,34-,36-,42+/m0/s1. The number of aryl methyl sites for hydroxylation is 1. The molecule has 0 radical (unpaired) electrons. The Morgan fingerprint density at radius 3 is 2.53 bits per heavy atom. The van der Waals surface area contributed by atoms with Crippen LogP contribution in [0.15, 0.2) is 36.9 Å². The summed E-state index contributed by atoms with van der Waals surface area (Å²) in [5.41, 5.74) is -0.316. The van der Waals surface area contributed by atoms with Gasteiger partial charge in [-0.2, -0.15) is 0 Å². The Kier molecular flexibility index (Phi) is 10.8. The summed E-state index contributed by atoms with van der Waals surface area (Å²) in [6, 6.07) is 6.67. The molecule has 1 aromatic carbocycles. The van der Waals surface area contributed by atoms with Crippen molar-refractivity contribution in [1.82, 2.24) is 14.6 Å². The van der Waals surface area contributed by atoms with E-state index in [-0.39, 0.29) is 55.9 Å². The highest BCUT2D eigenvalue weighted by molar-refractivity contribution is 7.90. The molecule has 2 amide bonds. The predicted octanol–water partition coefficient (Wildman–Crippen LogP) is 5.84. The van der Waals surface area contributed by atoms with E-state index in [9.17, 15) is 27.6 Å². The summed E-state index contributed by atoms with van der Waals surface area (Å²) in [6.07, 6.45) is 8.43. The molecule has 5 aliphatic rings. The Morgan fingerprint density at radius 2 is 1.84 bits per heavy atom. The number of hydrogen-bond donors (Lipinski definition) is 1. The monoisotopic (exact) mass is 777 g/mol. The minimum atomic E-state index is -3.85. The first-order chi connectivity index (χ1) is 26.1. The van der Waals surface area contributed by atoms with Crippen molar-refractivity contribution in [1.29, 1.82) is 0 Å². The van der Waals surface area contributed by atoms with Crippen molar-refractivity contribution in [3.63, 3.8) is 0 Å². The summed E-state index contributed by atoms with van der Waals surface area (Å²) >= 11 is 0. The number of carbonyl (C=O) groups is 4. The number of rotatable bonds is 8. The second kappa shape index (κ2) is 15.2. The van der Waals surface area contributed by atoms with Gasteiger partial charge in [-0.05, 0) is 86.5 Å². The first-order valence-corrected chi connectivity index (χ1v) is 21.5. The van der Waals surface area contributed by atoms with Gasteiger partial charge in [-0.3, -0.25) is 23.9 Å². The average molecular weight is 778 g/mol. The smallest absolute Gasteiger partial charge is 0.306 e. The Morgan fingerprint density at radius 1 is 1.07 bits per heavy atom. The molecule has 2 aromatic rings. The predicted molar refractivity (Wildman–Crippen MR) is 206 cm³/mol. The number of nitrogens with one attached hydrogen (secondary N) is 1. The maximum Gasteiger partial charge on any atom is 0.306 e. The summed E-state index contributed by atoms with van der Waals surface area (Å²) < 4.78 is 45.9. The van der Waals surface area contributed by atoms with Crippen LogP contribution in [0.4, 0.5) is 0 Å². The van der Waals surface area contributed by atoms with Crippen LogP contribution in [0.3, 0.4) is 0 Å². The van der Waals surface area contributed by atoms with Crippen molar-refractivity contribution in [3.05, 3.63) is 42.6 Å². The molecule has 55 heavy (non-hydrogen) atoms. The van der Waals surface area contributed by atoms with E-state index in [0.29, 0.717) is 36.7 Å². The van der Waals surface area contributed by atoms with E-state index >= 15 is 0 Å². The summed E-state index contributed by atoms with van der Waals surface area (Å²) in [7, 11) is -2.24. The lowest BCUT2D eigenvalue weighted by atomic mass is 9.77. The molecule has 2 aliphatic heterocycles. The third-order valence-electron chi connectivity index (χ3n) is 12.4. The third-order valence-corrected chi connectivity index (χ3v) is 14.2. The largest absolute Gasteiger partial charge is 0.497 e. The molecule has 3 aliphatic carbocycles. The molecule has 7 rings (SSSR count). The number of sulfonamides is 1.